The maximum absolute atomic E-state index is 10.5. The minimum atomic E-state index is -0.0967. The van der Waals surface area contributed by atoms with Gasteiger partial charge >= 0.3 is 0 Å². The highest BCUT2D eigenvalue weighted by Gasteiger charge is 2.36. The summed E-state index contributed by atoms with van der Waals surface area (Å²) in [6.07, 6.45) is 8.44. The molecule has 2 aliphatic rings. The van der Waals surface area contributed by atoms with Crippen molar-refractivity contribution in [1.82, 2.24) is 9.80 Å². The molecule has 1 heterocycles. The average Bonchev–Trinajstić information content (AvgIpc) is 2.62. The van der Waals surface area contributed by atoms with Crippen LogP contribution in [-0.2, 0) is 0 Å². The molecule has 20 heavy (non-hydrogen) atoms. The highest BCUT2D eigenvalue weighted by atomic mass is 16.3. The Morgan fingerprint density at radius 1 is 1.15 bits per heavy atom. The molecule has 2 fully saturated rings. The summed E-state index contributed by atoms with van der Waals surface area (Å²) in [4.78, 5) is 5.13. The van der Waals surface area contributed by atoms with Crippen molar-refractivity contribution in [3.05, 3.63) is 0 Å². The van der Waals surface area contributed by atoms with E-state index < -0.39 is 0 Å². The molecule has 1 saturated carbocycles. The lowest BCUT2D eigenvalue weighted by atomic mass is 9.80. The van der Waals surface area contributed by atoms with Crippen molar-refractivity contribution in [2.24, 2.45) is 5.92 Å². The Hall–Kier alpha value is -0.120. The fourth-order valence-corrected chi connectivity index (χ4v) is 4.30. The molecule has 1 aliphatic carbocycles. The van der Waals surface area contributed by atoms with Gasteiger partial charge in [0.25, 0.3) is 0 Å². The third-order valence-electron chi connectivity index (χ3n) is 5.43. The first-order chi connectivity index (χ1) is 9.65. The van der Waals surface area contributed by atoms with Crippen LogP contribution in [0, 0.1) is 5.92 Å². The first-order valence-corrected chi connectivity index (χ1v) is 8.78. The fourth-order valence-electron chi connectivity index (χ4n) is 4.30. The predicted molar refractivity (Wildman–Crippen MR) is 84.9 cm³/mol. The average molecular weight is 282 g/mol. The summed E-state index contributed by atoms with van der Waals surface area (Å²) >= 11 is 0. The Kier molecular flexibility index (Phi) is 6.31. The molecule has 0 spiro atoms. The molecule has 0 aromatic carbocycles. The Bertz CT molecular complexity index is 284. The Labute approximate surface area is 125 Å². The van der Waals surface area contributed by atoms with E-state index in [1.165, 1.54) is 51.6 Å². The van der Waals surface area contributed by atoms with E-state index in [1.807, 2.05) is 0 Å². The summed E-state index contributed by atoms with van der Waals surface area (Å²) in [6, 6.07) is 1.04. The Morgan fingerprint density at radius 2 is 1.95 bits per heavy atom. The van der Waals surface area contributed by atoms with Gasteiger partial charge in [0.15, 0.2) is 0 Å². The Morgan fingerprint density at radius 3 is 2.65 bits per heavy atom. The highest BCUT2D eigenvalue weighted by molar-refractivity contribution is 4.91. The number of nitrogens with zero attached hydrogens (tertiary/aromatic N) is 2. The summed E-state index contributed by atoms with van der Waals surface area (Å²) in [5, 5.41) is 10.5. The van der Waals surface area contributed by atoms with Crippen LogP contribution in [0.25, 0.3) is 0 Å². The maximum atomic E-state index is 10.5. The minimum Gasteiger partial charge on any atom is -0.391 e. The zero-order valence-electron chi connectivity index (χ0n) is 13.7. The van der Waals surface area contributed by atoms with E-state index in [9.17, 15) is 5.11 Å². The number of hydrogen-bond acceptors (Lipinski definition) is 3. The summed E-state index contributed by atoms with van der Waals surface area (Å²) in [5.74, 6) is 0.840. The molecule has 3 heteroatoms. The minimum absolute atomic E-state index is 0.0967. The molecule has 0 bridgehead atoms. The smallest absolute Gasteiger partial charge is 0.0695 e. The van der Waals surface area contributed by atoms with Gasteiger partial charge in [-0.05, 0) is 51.6 Å². The van der Waals surface area contributed by atoms with Gasteiger partial charge in [-0.2, -0.15) is 0 Å². The van der Waals surface area contributed by atoms with E-state index >= 15 is 0 Å². The number of aliphatic hydroxyl groups excluding tert-OH is 1. The van der Waals surface area contributed by atoms with Crippen molar-refractivity contribution in [1.29, 1.82) is 0 Å². The molecule has 0 aromatic rings. The molecule has 0 amide bonds. The van der Waals surface area contributed by atoms with Crippen LogP contribution < -0.4 is 0 Å². The summed E-state index contributed by atoms with van der Waals surface area (Å²) in [5.41, 5.74) is 0. The van der Waals surface area contributed by atoms with E-state index in [1.54, 1.807) is 0 Å². The van der Waals surface area contributed by atoms with Crippen molar-refractivity contribution in [3.8, 4) is 0 Å². The van der Waals surface area contributed by atoms with Gasteiger partial charge in [-0.1, -0.05) is 26.7 Å². The highest BCUT2D eigenvalue weighted by Crippen LogP contribution is 2.33. The first-order valence-electron chi connectivity index (χ1n) is 8.78. The van der Waals surface area contributed by atoms with Crippen LogP contribution >= 0.6 is 0 Å². The molecular formula is C17H34N2O. The molecule has 0 aromatic heterocycles. The second kappa shape index (κ2) is 7.77. The maximum Gasteiger partial charge on any atom is 0.0695 e. The van der Waals surface area contributed by atoms with Crippen LogP contribution in [0.5, 0.6) is 0 Å². The van der Waals surface area contributed by atoms with Gasteiger partial charge in [0.2, 0.25) is 0 Å². The predicted octanol–water partition coefficient (Wildman–Crippen LogP) is 2.73. The van der Waals surface area contributed by atoms with Crippen molar-refractivity contribution in [2.75, 3.05) is 26.7 Å². The lowest BCUT2D eigenvalue weighted by Crippen LogP contribution is -2.53. The molecule has 1 saturated heterocycles. The van der Waals surface area contributed by atoms with Crippen LogP contribution in [0.2, 0.25) is 0 Å². The molecule has 4 atom stereocenters. The van der Waals surface area contributed by atoms with Crippen LogP contribution in [0.3, 0.4) is 0 Å². The fraction of sp³-hybridized carbons (Fsp3) is 1.00. The lowest BCUT2D eigenvalue weighted by Gasteiger charge is -2.44. The molecule has 4 unspecified atom stereocenters. The quantitative estimate of drug-likeness (QED) is 0.859. The molecule has 118 valence electrons. The van der Waals surface area contributed by atoms with Crippen molar-refractivity contribution < 1.29 is 5.11 Å². The number of rotatable bonds is 4. The van der Waals surface area contributed by atoms with Gasteiger partial charge in [0.1, 0.15) is 0 Å². The number of likely N-dealkylation sites (N-methyl/N-ethyl adjacent to an activating group) is 1. The summed E-state index contributed by atoms with van der Waals surface area (Å²) in [6.45, 7) is 8.13. The number of aliphatic hydroxyl groups is 1. The van der Waals surface area contributed by atoms with Gasteiger partial charge < -0.3 is 10.0 Å². The third-order valence-corrected chi connectivity index (χ3v) is 5.43. The second-order valence-corrected chi connectivity index (χ2v) is 7.02. The van der Waals surface area contributed by atoms with E-state index in [2.05, 4.69) is 30.7 Å². The van der Waals surface area contributed by atoms with E-state index in [0.29, 0.717) is 12.1 Å². The monoisotopic (exact) mass is 282 g/mol. The SMILES string of the molecule is CCCC1CCC(O)C(N2CCCN(C)CC2CC)C1. The summed E-state index contributed by atoms with van der Waals surface area (Å²) < 4.78 is 0. The molecular weight excluding hydrogens is 248 g/mol. The van der Waals surface area contributed by atoms with Crippen LogP contribution in [-0.4, -0.2) is 59.8 Å². The third kappa shape index (κ3) is 3.96. The van der Waals surface area contributed by atoms with Crippen LogP contribution in [0.15, 0.2) is 0 Å². The molecule has 2 rings (SSSR count). The van der Waals surface area contributed by atoms with Crippen molar-refractivity contribution in [2.45, 2.75) is 77.0 Å². The van der Waals surface area contributed by atoms with E-state index in [-0.39, 0.29) is 6.10 Å². The van der Waals surface area contributed by atoms with Crippen LogP contribution in [0.4, 0.5) is 0 Å². The lowest BCUT2D eigenvalue weighted by molar-refractivity contribution is -0.0173. The van der Waals surface area contributed by atoms with Gasteiger partial charge in [0.05, 0.1) is 6.10 Å². The van der Waals surface area contributed by atoms with Crippen LogP contribution in [0.1, 0.15) is 58.8 Å². The van der Waals surface area contributed by atoms with E-state index in [4.69, 9.17) is 0 Å². The zero-order chi connectivity index (χ0) is 14.5. The molecule has 0 radical (unpaired) electrons. The standard InChI is InChI=1S/C17H34N2O/c1-4-7-14-8-9-17(20)16(12-14)19-11-6-10-18(3)13-15(19)5-2/h14-17,20H,4-13H2,1-3H3. The zero-order valence-corrected chi connectivity index (χ0v) is 13.7. The van der Waals surface area contributed by atoms with Crippen molar-refractivity contribution >= 4 is 0 Å². The molecule has 1 N–H and O–H groups in total. The van der Waals surface area contributed by atoms with Gasteiger partial charge in [0, 0.05) is 25.2 Å². The first kappa shape index (κ1) is 16.3. The molecule has 3 nitrogen and oxygen atoms in total. The largest absolute Gasteiger partial charge is 0.391 e. The normalized spacial score (nSPS) is 37.8. The van der Waals surface area contributed by atoms with Gasteiger partial charge in [-0.3, -0.25) is 4.90 Å². The van der Waals surface area contributed by atoms with Gasteiger partial charge in [-0.25, -0.2) is 0 Å². The molecule has 1 aliphatic heterocycles. The number of hydrogen-bond donors (Lipinski definition) is 1. The van der Waals surface area contributed by atoms with E-state index in [0.717, 1.165) is 18.9 Å². The van der Waals surface area contributed by atoms with Crippen molar-refractivity contribution in [3.63, 3.8) is 0 Å². The Balaban J connectivity index is 2.05. The second-order valence-electron chi connectivity index (χ2n) is 7.02. The topological polar surface area (TPSA) is 26.7 Å². The summed E-state index contributed by atoms with van der Waals surface area (Å²) in [7, 11) is 2.24. The van der Waals surface area contributed by atoms with Gasteiger partial charge in [-0.15, -0.1) is 0 Å².